The van der Waals surface area contributed by atoms with Gasteiger partial charge in [-0.1, -0.05) is 58.7 Å². The van der Waals surface area contributed by atoms with Gasteiger partial charge < -0.3 is 5.32 Å². The molecule has 2 aromatic rings. The van der Waals surface area contributed by atoms with E-state index in [1.165, 1.54) is 0 Å². The van der Waals surface area contributed by atoms with E-state index in [1.807, 2.05) is 42.5 Å². The van der Waals surface area contributed by atoms with Gasteiger partial charge in [-0.3, -0.25) is 4.79 Å². The molecule has 0 unspecified atom stereocenters. The number of amides is 1. The van der Waals surface area contributed by atoms with Crippen molar-refractivity contribution in [2.75, 3.05) is 5.32 Å². The fourth-order valence-corrected chi connectivity index (χ4v) is 3.15. The molecule has 0 heterocycles. The van der Waals surface area contributed by atoms with Crippen LogP contribution in [0, 0.1) is 0 Å². The van der Waals surface area contributed by atoms with Crippen LogP contribution in [0.15, 0.2) is 59.1 Å². The van der Waals surface area contributed by atoms with Crippen molar-refractivity contribution in [1.82, 2.24) is 0 Å². The summed E-state index contributed by atoms with van der Waals surface area (Å²) in [6.07, 6.45) is 2.97. The fourth-order valence-electron chi connectivity index (χ4n) is 2.75. The highest BCUT2D eigenvalue weighted by atomic mass is 79.9. The van der Waals surface area contributed by atoms with Crippen molar-refractivity contribution in [2.24, 2.45) is 0 Å². The molecule has 102 valence electrons. The number of nitrogens with one attached hydrogen (secondary N) is 1. The SMILES string of the molecule is O=C(Nc1cccc(Br)c1)C1(c2ccccc2)CCC1. The average molecular weight is 330 g/mol. The van der Waals surface area contributed by atoms with Crippen LogP contribution in [0.4, 0.5) is 5.69 Å². The predicted octanol–water partition coefficient (Wildman–Crippen LogP) is 4.51. The molecule has 1 aliphatic rings. The van der Waals surface area contributed by atoms with Crippen molar-refractivity contribution in [3.63, 3.8) is 0 Å². The van der Waals surface area contributed by atoms with Crippen molar-refractivity contribution in [2.45, 2.75) is 24.7 Å². The lowest BCUT2D eigenvalue weighted by atomic mass is 9.64. The zero-order chi connectivity index (χ0) is 14.0. The zero-order valence-electron chi connectivity index (χ0n) is 11.1. The highest BCUT2D eigenvalue weighted by Crippen LogP contribution is 2.44. The molecule has 0 radical (unpaired) electrons. The minimum atomic E-state index is -0.344. The van der Waals surface area contributed by atoms with E-state index in [-0.39, 0.29) is 11.3 Å². The molecule has 1 saturated carbocycles. The highest BCUT2D eigenvalue weighted by molar-refractivity contribution is 9.10. The summed E-state index contributed by atoms with van der Waals surface area (Å²) in [5.74, 6) is 0.105. The Morgan fingerprint density at radius 1 is 1.05 bits per heavy atom. The van der Waals surface area contributed by atoms with Gasteiger partial charge in [-0.15, -0.1) is 0 Å². The molecular weight excluding hydrogens is 314 g/mol. The lowest BCUT2D eigenvalue weighted by Gasteiger charge is -2.40. The average Bonchev–Trinajstić information content (AvgIpc) is 2.38. The number of rotatable bonds is 3. The van der Waals surface area contributed by atoms with Crippen LogP contribution in [0.3, 0.4) is 0 Å². The quantitative estimate of drug-likeness (QED) is 0.881. The van der Waals surface area contributed by atoms with Gasteiger partial charge in [0.15, 0.2) is 0 Å². The fraction of sp³-hybridized carbons (Fsp3) is 0.235. The number of benzene rings is 2. The molecular formula is C17H16BrNO. The van der Waals surface area contributed by atoms with E-state index in [9.17, 15) is 4.79 Å². The summed E-state index contributed by atoms with van der Waals surface area (Å²) in [5, 5.41) is 3.06. The molecule has 2 aromatic carbocycles. The van der Waals surface area contributed by atoms with Gasteiger partial charge in [0.25, 0.3) is 0 Å². The van der Waals surface area contributed by atoms with Gasteiger partial charge >= 0.3 is 0 Å². The minimum Gasteiger partial charge on any atom is -0.325 e. The van der Waals surface area contributed by atoms with Crippen LogP contribution in [0.1, 0.15) is 24.8 Å². The number of carbonyl (C=O) groups excluding carboxylic acids is 1. The maximum Gasteiger partial charge on any atom is 0.235 e. The lowest BCUT2D eigenvalue weighted by molar-refractivity contribution is -0.124. The van der Waals surface area contributed by atoms with Crippen LogP contribution < -0.4 is 5.32 Å². The molecule has 0 aliphatic heterocycles. The van der Waals surface area contributed by atoms with Gasteiger partial charge in [0.2, 0.25) is 5.91 Å². The van der Waals surface area contributed by atoms with Gasteiger partial charge in [0.05, 0.1) is 5.41 Å². The molecule has 0 saturated heterocycles. The van der Waals surface area contributed by atoms with Gasteiger partial charge in [0.1, 0.15) is 0 Å². The minimum absolute atomic E-state index is 0.105. The van der Waals surface area contributed by atoms with Gasteiger partial charge in [-0.25, -0.2) is 0 Å². The molecule has 2 nitrogen and oxygen atoms in total. The van der Waals surface area contributed by atoms with Crippen LogP contribution in [0.2, 0.25) is 0 Å². The third-order valence-corrected chi connectivity index (χ3v) is 4.54. The number of carbonyl (C=O) groups is 1. The van der Waals surface area contributed by atoms with Crippen LogP contribution in [0.25, 0.3) is 0 Å². The topological polar surface area (TPSA) is 29.1 Å². The van der Waals surface area contributed by atoms with Gasteiger partial charge in [-0.05, 0) is 36.6 Å². The van der Waals surface area contributed by atoms with E-state index in [0.717, 1.165) is 35.0 Å². The molecule has 20 heavy (non-hydrogen) atoms. The first-order valence-corrected chi connectivity index (χ1v) is 7.63. The predicted molar refractivity (Wildman–Crippen MR) is 84.7 cm³/mol. The monoisotopic (exact) mass is 329 g/mol. The van der Waals surface area contributed by atoms with E-state index < -0.39 is 0 Å². The first-order valence-electron chi connectivity index (χ1n) is 6.83. The Hall–Kier alpha value is -1.61. The second-order valence-electron chi connectivity index (χ2n) is 5.27. The number of halogens is 1. The van der Waals surface area contributed by atoms with E-state index >= 15 is 0 Å². The van der Waals surface area contributed by atoms with Crippen molar-refractivity contribution < 1.29 is 4.79 Å². The smallest absolute Gasteiger partial charge is 0.235 e. The Kier molecular flexibility index (Phi) is 3.62. The van der Waals surface area contributed by atoms with E-state index in [1.54, 1.807) is 0 Å². The lowest BCUT2D eigenvalue weighted by Crippen LogP contribution is -2.45. The Morgan fingerprint density at radius 2 is 1.80 bits per heavy atom. The van der Waals surface area contributed by atoms with Crippen LogP contribution in [-0.2, 0) is 10.2 Å². The highest BCUT2D eigenvalue weighted by Gasteiger charge is 2.45. The largest absolute Gasteiger partial charge is 0.325 e. The van der Waals surface area contributed by atoms with Crippen LogP contribution in [0.5, 0.6) is 0 Å². The summed E-state index contributed by atoms with van der Waals surface area (Å²) in [6.45, 7) is 0. The maximum absolute atomic E-state index is 12.7. The maximum atomic E-state index is 12.7. The van der Waals surface area contributed by atoms with Crippen molar-refractivity contribution in [3.05, 3.63) is 64.6 Å². The second-order valence-corrected chi connectivity index (χ2v) is 6.18. The third-order valence-electron chi connectivity index (χ3n) is 4.05. The van der Waals surface area contributed by atoms with Crippen LogP contribution >= 0.6 is 15.9 Å². The molecule has 1 amide bonds. The van der Waals surface area contributed by atoms with Gasteiger partial charge in [-0.2, -0.15) is 0 Å². The zero-order valence-corrected chi connectivity index (χ0v) is 12.7. The van der Waals surface area contributed by atoms with Crippen molar-refractivity contribution in [1.29, 1.82) is 0 Å². The second kappa shape index (κ2) is 5.41. The summed E-state index contributed by atoms with van der Waals surface area (Å²) in [7, 11) is 0. The first-order chi connectivity index (χ1) is 9.71. The summed E-state index contributed by atoms with van der Waals surface area (Å²) in [4.78, 5) is 12.7. The molecule has 0 bridgehead atoms. The number of anilines is 1. The molecule has 3 heteroatoms. The molecule has 3 rings (SSSR count). The molecule has 0 atom stereocenters. The Labute approximate surface area is 127 Å². The summed E-state index contributed by atoms with van der Waals surface area (Å²) >= 11 is 3.43. The van der Waals surface area contributed by atoms with Crippen molar-refractivity contribution >= 4 is 27.5 Å². The molecule has 0 aromatic heterocycles. The molecule has 1 fully saturated rings. The standard InChI is InChI=1S/C17H16BrNO/c18-14-8-4-9-15(12-14)19-16(20)17(10-5-11-17)13-6-2-1-3-7-13/h1-4,6-9,12H,5,10-11H2,(H,19,20). The number of hydrogen-bond donors (Lipinski definition) is 1. The van der Waals surface area contributed by atoms with E-state index in [4.69, 9.17) is 0 Å². The Bertz CT molecular complexity index is 620. The van der Waals surface area contributed by atoms with Crippen molar-refractivity contribution in [3.8, 4) is 0 Å². The molecule has 1 N–H and O–H groups in total. The molecule has 1 aliphatic carbocycles. The Balaban J connectivity index is 1.85. The number of hydrogen-bond acceptors (Lipinski definition) is 1. The normalized spacial score (nSPS) is 16.2. The summed E-state index contributed by atoms with van der Waals surface area (Å²) < 4.78 is 0.970. The first kappa shape index (κ1) is 13.4. The molecule has 0 spiro atoms. The summed E-state index contributed by atoms with van der Waals surface area (Å²) in [5.41, 5.74) is 1.62. The Morgan fingerprint density at radius 3 is 2.40 bits per heavy atom. The van der Waals surface area contributed by atoms with Crippen LogP contribution in [-0.4, -0.2) is 5.91 Å². The van der Waals surface area contributed by atoms with E-state index in [2.05, 4.69) is 33.4 Å². The van der Waals surface area contributed by atoms with Gasteiger partial charge in [0, 0.05) is 10.2 Å². The van der Waals surface area contributed by atoms with E-state index in [0.29, 0.717) is 0 Å². The summed E-state index contributed by atoms with van der Waals surface area (Å²) in [6, 6.07) is 17.8. The third kappa shape index (κ3) is 2.38.